The Morgan fingerprint density at radius 1 is 1.33 bits per heavy atom. The van der Waals surface area contributed by atoms with E-state index in [0.29, 0.717) is 12.2 Å². The summed E-state index contributed by atoms with van der Waals surface area (Å²) in [6.45, 7) is 4.59. The van der Waals surface area contributed by atoms with E-state index in [4.69, 9.17) is 0 Å². The van der Waals surface area contributed by atoms with Crippen molar-refractivity contribution in [1.82, 2.24) is 14.5 Å². The van der Waals surface area contributed by atoms with E-state index < -0.39 is 0 Å². The van der Waals surface area contributed by atoms with Crippen molar-refractivity contribution in [3.8, 4) is 0 Å². The molecule has 1 heterocycles. The van der Waals surface area contributed by atoms with Crippen LogP contribution in [0.15, 0.2) is 35.7 Å². The van der Waals surface area contributed by atoms with Gasteiger partial charge < -0.3 is 4.90 Å². The largest absolute Gasteiger partial charge is 0.330 e. The lowest BCUT2D eigenvalue weighted by Gasteiger charge is -2.25. The summed E-state index contributed by atoms with van der Waals surface area (Å²) in [4.78, 5) is 14.1. The predicted octanol–water partition coefficient (Wildman–Crippen LogP) is 2.59. The second kappa shape index (κ2) is 5.73. The van der Waals surface area contributed by atoms with Crippen molar-refractivity contribution >= 4 is 17.4 Å². The number of amides is 1. The standard InChI is InChI=1S/C13H15N3OS/c1-10(2)16(8-11-6-4-3-5-7-11)13(17)12-9-18-15-14-12/h3-7,9-10H,8H2,1-2H3. The number of nitrogens with zero attached hydrogens (tertiary/aromatic N) is 3. The molecule has 4 nitrogen and oxygen atoms in total. The van der Waals surface area contributed by atoms with Gasteiger partial charge in [-0.05, 0) is 30.9 Å². The van der Waals surface area contributed by atoms with Gasteiger partial charge in [-0.1, -0.05) is 34.8 Å². The quantitative estimate of drug-likeness (QED) is 0.849. The summed E-state index contributed by atoms with van der Waals surface area (Å²) in [5.74, 6) is -0.0670. The molecule has 0 bridgehead atoms. The predicted molar refractivity (Wildman–Crippen MR) is 71.4 cm³/mol. The highest BCUT2D eigenvalue weighted by Crippen LogP contribution is 2.12. The lowest BCUT2D eigenvalue weighted by atomic mass is 10.2. The number of carbonyl (C=O) groups excluding carboxylic acids is 1. The first-order valence-corrected chi connectivity index (χ1v) is 6.64. The summed E-state index contributed by atoms with van der Waals surface area (Å²) in [6, 6.07) is 10.1. The Labute approximate surface area is 110 Å². The Morgan fingerprint density at radius 2 is 2.06 bits per heavy atom. The van der Waals surface area contributed by atoms with Gasteiger partial charge in [-0.15, -0.1) is 5.10 Å². The molecule has 0 aliphatic rings. The molecule has 0 unspecified atom stereocenters. The maximum Gasteiger partial charge on any atom is 0.275 e. The van der Waals surface area contributed by atoms with E-state index in [2.05, 4.69) is 9.59 Å². The van der Waals surface area contributed by atoms with Crippen LogP contribution >= 0.6 is 11.5 Å². The van der Waals surface area contributed by atoms with Crippen LogP contribution < -0.4 is 0 Å². The number of rotatable bonds is 4. The minimum Gasteiger partial charge on any atom is -0.330 e. The van der Waals surface area contributed by atoms with Gasteiger partial charge in [0.1, 0.15) is 0 Å². The molecule has 5 heteroatoms. The molecule has 0 saturated heterocycles. The summed E-state index contributed by atoms with van der Waals surface area (Å²) >= 11 is 1.19. The summed E-state index contributed by atoms with van der Waals surface area (Å²) in [6.07, 6.45) is 0. The molecule has 2 aromatic rings. The normalized spacial score (nSPS) is 10.6. The van der Waals surface area contributed by atoms with Gasteiger partial charge >= 0.3 is 0 Å². The van der Waals surface area contributed by atoms with Gasteiger partial charge in [0.2, 0.25) is 0 Å². The zero-order chi connectivity index (χ0) is 13.0. The van der Waals surface area contributed by atoms with Crippen molar-refractivity contribution in [2.45, 2.75) is 26.4 Å². The second-order valence-corrected chi connectivity index (χ2v) is 4.91. The third kappa shape index (κ3) is 2.92. The van der Waals surface area contributed by atoms with E-state index in [-0.39, 0.29) is 11.9 Å². The topological polar surface area (TPSA) is 46.1 Å². The lowest BCUT2D eigenvalue weighted by Crippen LogP contribution is -2.36. The fourth-order valence-electron chi connectivity index (χ4n) is 1.67. The average molecular weight is 261 g/mol. The Kier molecular flexibility index (Phi) is 4.04. The van der Waals surface area contributed by atoms with Gasteiger partial charge in [0, 0.05) is 18.0 Å². The van der Waals surface area contributed by atoms with E-state index in [1.54, 1.807) is 10.3 Å². The van der Waals surface area contributed by atoms with Gasteiger partial charge in [0.25, 0.3) is 5.91 Å². The number of benzene rings is 1. The van der Waals surface area contributed by atoms with Crippen LogP contribution in [0.5, 0.6) is 0 Å². The van der Waals surface area contributed by atoms with Gasteiger partial charge in [0.15, 0.2) is 5.69 Å². The van der Waals surface area contributed by atoms with Gasteiger partial charge in [-0.3, -0.25) is 4.79 Å². The molecule has 0 aliphatic carbocycles. The van der Waals surface area contributed by atoms with Crippen LogP contribution in [0.4, 0.5) is 0 Å². The Balaban J connectivity index is 2.17. The second-order valence-electron chi connectivity index (χ2n) is 4.30. The summed E-state index contributed by atoms with van der Waals surface area (Å²) < 4.78 is 3.74. The van der Waals surface area contributed by atoms with E-state index in [0.717, 1.165) is 5.56 Å². The molecule has 1 aromatic heterocycles. The van der Waals surface area contributed by atoms with E-state index in [1.165, 1.54) is 11.5 Å². The van der Waals surface area contributed by atoms with Crippen molar-refractivity contribution in [1.29, 1.82) is 0 Å². The first kappa shape index (κ1) is 12.7. The molecule has 0 spiro atoms. The lowest BCUT2D eigenvalue weighted by molar-refractivity contribution is 0.0684. The SMILES string of the molecule is CC(C)N(Cc1ccccc1)C(=O)c1csnn1. The monoisotopic (exact) mass is 261 g/mol. The molecular weight excluding hydrogens is 246 g/mol. The highest BCUT2D eigenvalue weighted by Gasteiger charge is 2.20. The third-order valence-electron chi connectivity index (χ3n) is 2.66. The molecule has 0 N–H and O–H groups in total. The maximum absolute atomic E-state index is 12.3. The molecule has 94 valence electrons. The van der Waals surface area contributed by atoms with Crippen LogP contribution in [0.3, 0.4) is 0 Å². The zero-order valence-electron chi connectivity index (χ0n) is 10.4. The fraction of sp³-hybridized carbons (Fsp3) is 0.308. The Bertz CT molecular complexity index is 496. The van der Waals surface area contributed by atoms with Crippen molar-refractivity contribution in [3.05, 3.63) is 47.0 Å². The molecule has 0 fully saturated rings. The van der Waals surface area contributed by atoms with E-state index in [1.807, 2.05) is 44.2 Å². The van der Waals surface area contributed by atoms with E-state index >= 15 is 0 Å². The smallest absolute Gasteiger partial charge is 0.275 e. The first-order valence-electron chi connectivity index (χ1n) is 5.80. The van der Waals surface area contributed by atoms with Gasteiger partial charge in [0.05, 0.1) is 0 Å². The molecular formula is C13H15N3OS. The van der Waals surface area contributed by atoms with Gasteiger partial charge in [-0.25, -0.2) is 0 Å². The van der Waals surface area contributed by atoms with Crippen molar-refractivity contribution in [2.75, 3.05) is 0 Å². The van der Waals surface area contributed by atoms with Crippen molar-refractivity contribution < 1.29 is 4.79 Å². The molecule has 1 aromatic carbocycles. The number of carbonyl (C=O) groups is 1. The third-order valence-corrected chi connectivity index (χ3v) is 3.16. The Morgan fingerprint density at radius 3 is 2.61 bits per heavy atom. The van der Waals surface area contributed by atoms with Crippen LogP contribution in [0.1, 0.15) is 29.9 Å². The molecule has 18 heavy (non-hydrogen) atoms. The van der Waals surface area contributed by atoms with Crippen LogP contribution in [0, 0.1) is 0 Å². The number of aromatic nitrogens is 2. The summed E-state index contributed by atoms with van der Waals surface area (Å²) in [7, 11) is 0. The van der Waals surface area contributed by atoms with Crippen molar-refractivity contribution in [3.63, 3.8) is 0 Å². The number of hydrogen-bond acceptors (Lipinski definition) is 4. The minimum atomic E-state index is -0.0670. The molecule has 0 atom stereocenters. The zero-order valence-corrected chi connectivity index (χ0v) is 11.2. The minimum absolute atomic E-state index is 0.0670. The average Bonchev–Trinajstić information content (AvgIpc) is 2.90. The van der Waals surface area contributed by atoms with Crippen LogP contribution in [0.2, 0.25) is 0 Å². The molecule has 2 rings (SSSR count). The van der Waals surface area contributed by atoms with Crippen LogP contribution in [-0.4, -0.2) is 26.4 Å². The molecule has 1 amide bonds. The highest BCUT2D eigenvalue weighted by molar-refractivity contribution is 7.03. The molecule has 0 aliphatic heterocycles. The number of hydrogen-bond donors (Lipinski definition) is 0. The van der Waals surface area contributed by atoms with Crippen LogP contribution in [0.25, 0.3) is 0 Å². The Hall–Kier alpha value is -1.75. The first-order chi connectivity index (χ1) is 8.68. The molecule has 0 radical (unpaired) electrons. The summed E-state index contributed by atoms with van der Waals surface area (Å²) in [5, 5.41) is 5.52. The van der Waals surface area contributed by atoms with Gasteiger partial charge in [-0.2, -0.15) is 0 Å². The summed E-state index contributed by atoms with van der Waals surface area (Å²) in [5.41, 5.74) is 1.53. The van der Waals surface area contributed by atoms with E-state index in [9.17, 15) is 4.79 Å². The van der Waals surface area contributed by atoms with Crippen molar-refractivity contribution in [2.24, 2.45) is 0 Å². The fourth-order valence-corrected chi connectivity index (χ4v) is 2.10. The molecule has 0 saturated carbocycles. The maximum atomic E-state index is 12.3. The van der Waals surface area contributed by atoms with Crippen LogP contribution in [-0.2, 0) is 6.54 Å². The highest BCUT2D eigenvalue weighted by atomic mass is 32.1.